The van der Waals surface area contributed by atoms with Crippen LogP contribution in [-0.2, 0) is 6.54 Å². The van der Waals surface area contributed by atoms with Crippen molar-refractivity contribution in [2.45, 2.75) is 12.5 Å². The standard InChI is InChI=1S/C16H13BrFNO2/c17-12-3-6-14-11(7-12)8-19(16(20)21)9-15(14)10-1-4-13(18)5-2-10/h1-7,15H,8-9H2,(H,20,21). The van der Waals surface area contributed by atoms with E-state index in [4.69, 9.17) is 0 Å². The van der Waals surface area contributed by atoms with E-state index in [1.807, 2.05) is 18.2 Å². The summed E-state index contributed by atoms with van der Waals surface area (Å²) in [5.74, 6) is -0.362. The van der Waals surface area contributed by atoms with Gasteiger partial charge in [-0.3, -0.25) is 0 Å². The summed E-state index contributed by atoms with van der Waals surface area (Å²) in [5.41, 5.74) is 3.00. The molecule has 0 aliphatic carbocycles. The second kappa shape index (κ2) is 5.48. The first-order chi connectivity index (χ1) is 10.0. The summed E-state index contributed by atoms with van der Waals surface area (Å²) in [5, 5.41) is 9.30. The zero-order chi connectivity index (χ0) is 15.0. The Hall–Kier alpha value is -1.88. The van der Waals surface area contributed by atoms with Crippen LogP contribution in [0, 0.1) is 5.82 Å². The van der Waals surface area contributed by atoms with Crippen molar-refractivity contribution in [3.8, 4) is 0 Å². The van der Waals surface area contributed by atoms with Gasteiger partial charge in [-0.1, -0.05) is 34.1 Å². The molecule has 1 amide bonds. The Bertz CT molecular complexity index is 687. The largest absolute Gasteiger partial charge is 0.465 e. The zero-order valence-corrected chi connectivity index (χ0v) is 12.7. The Kier molecular flexibility index (Phi) is 3.68. The van der Waals surface area contributed by atoms with Crippen LogP contribution in [0.15, 0.2) is 46.9 Å². The van der Waals surface area contributed by atoms with E-state index in [2.05, 4.69) is 15.9 Å². The van der Waals surface area contributed by atoms with Crippen LogP contribution in [0.4, 0.5) is 9.18 Å². The molecule has 3 rings (SSSR count). The second-order valence-electron chi connectivity index (χ2n) is 5.11. The van der Waals surface area contributed by atoms with Crippen molar-refractivity contribution in [3.05, 3.63) is 69.4 Å². The molecule has 1 aliphatic heterocycles. The molecule has 0 spiro atoms. The molecule has 0 saturated carbocycles. The van der Waals surface area contributed by atoms with E-state index < -0.39 is 6.09 Å². The fourth-order valence-corrected chi connectivity index (χ4v) is 3.17. The number of benzene rings is 2. The quantitative estimate of drug-likeness (QED) is 0.837. The molecule has 2 aromatic rings. The van der Waals surface area contributed by atoms with Gasteiger partial charge in [0, 0.05) is 23.5 Å². The molecule has 1 heterocycles. The smallest absolute Gasteiger partial charge is 0.407 e. The molecule has 5 heteroatoms. The molecule has 1 atom stereocenters. The first-order valence-corrected chi connectivity index (χ1v) is 7.35. The highest BCUT2D eigenvalue weighted by atomic mass is 79.9. The monoisotopic (exact) mass is 349 g/mol. The predicted octanol–water partition coefficient (Wildman–Crippen LogP) is 4.21. The van der Waals surface area contributed by atoms with E-state index in [0.717, 1.165) is 21.2 Å². The minimum Gasteiger partial charge on any atom is -0.465 e. The van der Waals surface area contributed by atoms with Crippen LogP contribution in [0.2, 0.25) is 0 Å². The second-order valence-corrected chi connectivity index (χ2v) is 6.03. The van der Waals surface area contributed by atoms with Crippen LogP contribution in [0.25, 0.3) is 0 Å². The fraction of sp³-hybridized carbons (Fsp3) is 0.188. The first-order valence-electron chi connectivity index (χ1n) is 6.56. The maximum Gasteiger partial charge on any atom is 0.407 e. The van der Waals surface area contributed by atoms with Gasteiger partial charge in [-0.15, -0.1) is 0 Å². The highest BCUT2D eigenvalue weighted by molar-refractivity contribution is 9.10. The maximum atomic E-state index is 13.1. The SMILES string of the molecule is O=C(O)N1Cc2cc(Br)ccc2C(c2ccc(F)cc2)C1. The van der Waals surface area contributed by atoms with Crippen molar-refractivity contribution < 1.29 is 14.3 Å². The highest BCUT2D eigenvalue weighted by Crippen LogP contribution is 2.35. The van der Waals surface area contributed by atoms with Crippen LogP contribution in [0.3, 0.4) is 0 Å². The lowest BCUT2D eigenvalue weighted by molar-refractivity contribution is 0.137. The number of rotatable bonds is 1. The third-order valence-corrected chi connectivity index (χ3v) is 4.28. The predicted molar refractivity (Wildman–Crippen MR) is 80.8 cm³/mol. The summed E-state index contributed by atoms with van der Waals surface area (Å²) < 4.78 is 14.0. The molecule has 0 radical (unpaired) electrons. The number of fused-ring (bicyclic) bond motifs is 1. The number of nitrogens with zero attached hydrogens (tertiary/aromatic N) is 1. The third-order valence-electron chi connectivity index (χ3n) is 3.79. The lowest BCUT2D eigenvalue weighted by atomic mass is 9.85. The molecule has 0 aromatic heterocycles. The summed E-state index contributed by atoms with van der Waals surface area (Å²) >= 11 is 3.42. The molecule has 0 bridgehead atoms. The molecular weight excluding hydrogens is 337 g/mol. The molecule has 1 N–H and O–H groups in total. The number of hydrogen-bond acceptors (Lipinski definition) is 1. The molecular formula is C16H13BrFNO2. The van der Waals surface area contributed by atoms with Crippen LogP contribution < -0.4 is 0 Å². The normalized spacial score (nSPS) is 17.4. The summed E-state index contributed by atoms with van der Waals surface area (Å²) in [6, 6.07) is 12.2. The van der Waals surface area contributed by atoms with Gasteiger partial charge in [0.05, 0.1) is 0 Å². The number of carbonyl (C=O) groups is 1. The Morgan fingerprint density at radius 1 is 1.24 bits per heavy atom. The topological polar surface area (TPSA) is 40.5 Å². The average molecular weight is 350 g/mol. The molecule has 1 unspecified atom stereocenters. The molecule has 0 saturated heterocycles. The Labute approximate surface area is 130 Å². The van der Waals surface area contributed by atoms with Gasteiger partial charge in [-0.2, -0.15) is 0 Å². The van der Waals surface area contributed by atoms with E-state index in [0.29, 0.717) is 13.1 Å². The van der Waals surface area contributed by atoms with Crippen LogP contribution >= 0.6 is 15.9 Å². The Morgan fingerprint density at radius 3 is 2.62 bits per heavy atom. The summed E-state index contributed by atoms with van der Waals surface area (Å²) in [4.78, 5) is 12.7. The van der Waals surface area contributed by atoms with Gasteiger partial charge in [0.15, 0.2) is 0 Å². The number of carboxylic acid groups (broad SMARTS) is 1. The molecule has 108 valence electrons. The van der Waals surface area contributed by atoms with Gasteiger partial charge in [0.1, 0.15) is 5.82 Å². The van der Waals surface area contributed by atoms with Crippen LogP contribution in [-0.4, -0.2) is 22.6 Å². The first kappa shape index (κ1) is 14.1. The van der Waals surface area contributed by atoms with Crippen molar-refractivity contribution in [3.63, 3.8) is 0 Å². The van der Waals surface area contributed by atoms with Gasteiger partial charge >= 0.3 is 6.09 Å². The number of hydrogen-bond donors (Lipinski definition) is 1. The van der Waals surface area contributed by atoms with E-state index in [1.165, 1.54) is 17.0 Å². The lowest BCUT2D eigenvalue weighted by Crippen LogP contribution is -2.37. The van der Waals surface area contributed by atoms with Crippen molar-refractivity contribution >= 4 is 22.0 Å². The fourth-order valence-electron chi connectivity index (χ4n) is 2.77. The molecule has 1 aliphatic rings. The minimum absolute atomic E-state index is 0.0708. The van der Waals surface area contributed by atoms with E-state index >= 15 is 0 Å². The Balaban J connectivity index is 2.06. The van der Waals surface area contributed by atoms with Crippen molar-refractivity contribution in [1.29, 1.82) is 0 Å². The number of amides is 1. The summed E-state index contributed by atoms with van der Waals surface area (Å²) in [6.45, 7) is 0.761. The van der Waals surface area contributed by atoms with E-state index in [1.54, 1.807) is 12.1 Å². The summed E-state index contributed by atoms with van der Waals surface area (Å²) in [6.07, 6.45) is -0.937. The average Bonchev–Trinajstić information content (AvgIpc) is 2.46. The van der Waals surface area contributed by atoms with Crippen LogP contribution in [0.1, 0.15) is 22.6 Å². The van der Waals surface area contributed by atoms with Gasteiger partial charge in [-0.25, -0.2) is 9.18 Å². The van der Waals surface area contributed by atoms with E-state index in [9.17, 15) is 14.3 Å². The van der Waals surface area contributed by atoms with Gasteiger partial charge in [-0.05, 0) is 41.0 Å². The lowest BCUT2D eigenvalue weighted by Gasteiger charge is -2.33. The summed E-state index contributed by atoms with van der Waals surface area (Å²) in [7, 11) is 0. The van der Waals surface area contributed by atoms with Crippen LogP contribution in [0.5, 0.6) is 0 Å². The molecule has 3 nitrogen and oxygen atoms in total. The highest BCUT2D eigenvalue weighted by Gasteiger charge is 2.29. The molecule has 2 aromatic carbocycles. The molecule has 21 heavy (non-hydrogen) atoms. The van der Waals surface area contributed by atoms with Gasteiger partial charge in [0.25, 0.3) is 0 Å². The minimum atomic E-state index is -0.937. The van der Waals surface area contributed by atoms with E-state index in [-0.39, 0.29) is 11.7 Å². The van der Waals surface area contributed by atoms with Crippen molar-refractivity contribution in [2.24, 2.45) is 0 Å². The van der Waals surface area contributed by atoms with Crippen molar-refractivity contribution in [2.75, 3.05) is 6.54 Å². The number of halogens is 2. The van der Waals surface area contributed by atoms with Crippen molar-refractivity contribution in [1.82, 2.24) is 4.90 Å². The molecule has 0 fully saturated rings. The third kappa shape index (κ3) is 2.78. The zero-order valence-electron chi connectivity index (χ0n) is 11.1. The van der Waals surface area contributed by atoms with Gasteiger partial charge in [0.2, 0.25) is 0 Å². The Morgan fingerprint density at radius 2 is 1.95 bits per heavy atom. The maximum absolute atomic E-state index is 13.1. The van der Waals surface area contributed by atoms with Gasteiger partial charge < -0.3 is 10.0 Å².